The highest BCUT2D eigenvalue weighted by Gasteiger charge is 2.21. The molecule has 0 bridgehead atoms. The van der Waals surface area contributed by atoms with E-state index in [4.69, 9.17) is 0 Å². The summed E-state index contributed by atoms with van der Waals surface area (Å²) < 4.78 is 25.6. The van der Waals surface area contributed by atoms with E-state index in [9.17, 15) is 8.78 Å². The molecule has 0 amide bonds. The van der Waals surface area contributed by atoms with Gasteiger partial charge in [-0.3, -0.25) is 0 Å². The van der Waals surface area contributed by atoms with Crippen LogP contribution in [-0.4, -0.2) is 6.04 Å². The van der Waals surface area contributed by atoms with Crippen LogP contribution in [0.25, 0.3) is 0 Å². The van der Waals surface area contributed by atoms with Gasteiger partial charge >= 0.3 is 0 Å². The lowest BCUT2D eigenvalue weighted by Gasteiger charge is -2.13. The van der Waals surface area contributed by atoms with Gasteiger partial charge < -0.3 is 5.32 Å². The molecule has 3 heteroatoms. The zero-order valence-electron chi connectivity index (χ0n) is 8.76. The van der Waals surface area contributed by atoms with Gasteiger partial charge in [-0.1, -0.05) is 6.92 Å². The Labute approximate surface area is 88.5 Å². The average molecular weight is 211 g/mol. The van der Waals surface area contributed by atoms with Crippen LogP contribution >= 0.6 is 0 Å². The van der Waals surface area contributed by atoms with Gasteiger partial charge in [0, 0.05) is 17.8 Å². The van der Waals surface area contributed by atoms with E-state index in [2.05, 4.69) is 12.2 Å². The molecule has 1 fully saturated rings. The molecule has 1 N–H and O–H groups in total. The summed E-state index contributed by atoms with van der Waals surface area (Å²) in [5.74, 6) is -0.848. The molecule has 0 aliphatic heterocycles. The maximum atomic E-state index is 12.9. The highest BCUT2D eigenvalue weighted by Crippen LogP contribution is 2.27. The van der Waals surface area contributed by atoms with Gasteiger partial charge in [0.05, 0.1) is 0 Å². The molecule has 1 aliphatic rings. The van der Waals surface area contributed by atoms with Crippen molar-refractivity contribution < 1.29 is 8.78 Å². The molecule has 1 nitrogen and oxygen atoms in total. The molecule has 2 atom stereocenters. The Balaban J connectivity index is 2.02. The van der Waals surface area contributed by atoms with Crippen LogP contribution in [0.2, 0.25) is 0 Å². The Morgan fingerprint density at radius 3 is 2.60 bits per heavy atom. The normalized spacial score (nSPS) is 25.5. The number of benzene rings is 1. The zero-order chi connectivity index (χ0) is 10.8. The highest BCUT2D eigenvalue weighted by atomic mass is 19.2. The summed E-state index contributed by atoms with van der Waals surface area (Å²) in [5.41, 5.74) is 0.674. The van der Waals surface area contributed by atoms with E-state index in [-0.39, 0.29) is 0 Å². The molecule has 1 aliphatic carbocycles. The maximum Gasteiger partial charge on any atom is 0.160 e. The van der Waals surface area contributed by atoms with Crippen molar-refractivity contribution in [2.24, 2.45) is 5.92 Å². The molecular formula is C12H15F2N. The van der Waals surface area contributed by atoms with Crippen LogP contribution in [0.1, 0.15) is 26.2 Å². The summed E-state index contributed by atoms with van der Waals surface area (Å²) in [5, 5.41) is 3.23. The maximum absolute atomic E-state index is 12.9. The van der Waals surface area contributed by atoms with Gasteiger partial charge in [-0.05, 0) is 37.3 Å². The quantitative estimate of drug-likeness (QED) is 0.788. The fraction of sp³-hybridized carbons (Fsp3) is 0.500. The smallest absolute Gasteiger partial charge is 0.160 e. The lowest BCUT2D eigenvalue weighted by Crippen LogP contribution is -2.15. The SMILES string of the molecule is CC1CCC(Nc2ccc(F)c(F)c2)C1. The lowest BCUT2D eigenvalue weighted by atomic mass is 10.1. The molecule has 1 saturated carbocycles. The number of hydrogen-bond donors (Lipinski definition) is 1. The average Bonchev–Trinajstić information content (AvgIpc) is 2.58. The molecule has 82 valence electrons. The summed E-state index contributed by atoms with van der Waals surface area (Å²) in [6.07, 6.45) is 3.43. The molecule has 0 heterocycles. The first-order chi connectivity index (χ1) is 7.15. The first-order valence-electron chi connectivity index (χ1n) is 5.37. The van der Waals surface area contributed by atoms with E-state index < -0.39 is 11.6 Å². The molecule has 0 saturated heterocycles. The van der Waals surface area contributed by atoms with Crippen LogP contribution < -0.4 is 5.32 Å². The molecule has 0 radical (unpaired) electrons. The third kappa shape index (κ3) is 2.46. The van der Waals surface area contributed by atoms with Gasteiger partial charge in [0.25, 0.3) is 0 Å². The van der Waals surface area contributed by atoms with Crippen LogP contribution in [0.15, 0.2) is 18.2 Å². The number of halogens is 2. The number of nitrogens with one attached hydrogen (secondary N) is 1. The predicted octanol–water partition coefficient (Wildman–Crippen LogP) is 3.57. The Kier molecular flexibility index (Phi) is 2.89. The van der Waals surface area contributed by atoms with E-state index >= 15 is 0 Å². The van der Waals surface area contributed by atoms with E-state index in [1.807, 2.05) is 0 Å². The standard InChI is InChI=1S/C12H15F2N/c1-8-2-3-9(6-8)15-10-4-5-11(13)12(14)7-10/h4-5,7-9,15H,2-3,6H2,1H3. The van der Waals surface area contributed by atoms with E-state index in [1.165, 1.54) is 12.5 Å². The molecule has 0 spiro atoms. The minimum absolute atomic E-state index is 0.407. The second kappa shape index (κ2) is 4.17. The summed E-state index contributed by atoms with van der Waals surface area (Å²) in [6.45, 7) is 2.22. The van der Waals surface area contributed by atoms with Gasteiger partial charge in [0.15, 0.2) is 11.6 Å². The van der Waals surface area contributed by atoms with Crippen LogP contribution in [0, 0.1) is 17.6 Å². The van der Waals surface area contributed by atoms with Crippen LogP contribution in [0.3, 0.4) is 0 Å². The van der Waals surface area contributed by atoms with Crippen LogP contribution in [-0.2, 0) is 0 Å². The van der Waals surface area contributed by atoms with E-state index in [1.54, 1.807) is 6.07 Å². The Hall–Kier alpha value is -1.12. The third-order valence-corrected chi connectivity index (χ3v) is 2.99. The van der Waals surface area contributed by atoms with Crippen molar-refractivity contribution in [2.75, 3.05) is 5.32 Å². The van der Waals surface area contributed by atoms with Gasteiger partial charge in [-0.2, -0.15) is 0 Å². The van der Waals surface area contributed by atoms with Crippen molar-refractivity contribution in [3.8, 4) is 0 Å². The van der Waals surface area contributed by atoms with Crippen molar-refractivity contribution in [1.29, 1.82) is 0 Å². The molecule has 0 aromatic heterocycles. The second-order valence-electron chi connectivity index (χ2n) is 4.39. The third-order valence-electron chi connectivity index (χ3n) is 2.99. The van der Waals surface area contributed by atoms with Crippen LogP contribution in [0.4, 0.5) is 14.5 Å². The minimum Gasteiger partial charge on any atom is -0.382 e. The molecule has 1 aromatic carbocycles. The topological polar surface area (TPSA) is 12.0 Å². The van der Waals surface area contributed by atoms with Crippen molar-refractivity contribution in [2.45, 2.75) is 32.2 Å². The molecule has 15 heavy (non-hydrogen) atoms. The molecular weight excluding hydrogens is 196 g/mol. The fourth-order valence-corrected chi connectivity index (χ4v) is 2.16. The van der Waals surface area contributed by atoms with Gasteiger partial charge in [-0.25, -0.2) is 8.78 Å². The second-order valence-corrected chi connectivity index (χ2v) is 4.39. The van der Waals surface area contributed by atoms with Gasteiger partial charge in [0.2, 0.25) is 0 Å². The van der Waals surface area contributed by atoms with Crippen molar-refractivity contribution in [3.05, 3.63) is 29.8 Å². The lowest BCUT2D eigenvalue weighted by molar-refractivity contribution is 0.508. The zero-order valence-corrected chi connectivity index (χ0v) is 8.76. The molecule has 1 aromatic rings. The van der Waals surface area contributed by atoms with Gasteiger partial charge in [0.1, 0.15) is 0 Å². The first kappa shape index (κ1) is 10.4. The Bertz CT molecular complexity index is 351. The van der Waals surface area contributed by atoms with Gasteiger partial charge in [-0.15, -0.1) is 0 Å². The van der Waals surface area contributed by atoms with E-state index in [0.717, 1.165) is 24.8 Å². The highest BCUT2D eigenvalue weighted by molar-refractivity contribution is 5.44. The molecule has 2 unspecified atom stereocenters. The van der Waals surface area contributed by atoms with Crippen LogP contribution in [0.5, 0.6) is 0 Å². The van der Waals surface area contributed by atoms with Crippen molar-refractivity contribution in [1.82, 2.24) is 0 Å². The first-order valence-corrected chi connectivity index (χ1v) is 5.37. The monoisotopic (exact) mass is 211 g/mol. The largest absolute Gasteiger partial charge is 0.382 e. The Morgan fingerprint density at radius 2 is 2.00 bits per heavy atom. The van der Waals surface area contributed by atoms with E-state index in [0.29, 0.717) is 11.7 Å². The fourth-order valence-electron chi connectivity index (χ4n) is 2.16. The molecule has 2 rings (SSSR count). The number of anilines is 1. The minimum atomic E-state index is -0.791. The predicted molar refractivity (Wildman–Crippen MR) is 56.8 cm³/mol. The summed E-state index contributed by atoms with van der Waals surface area (Å²) in [4.78, 5) is 0. The summed E-state index contributed by atoms with van der Waals surface area (Å²) in [7, 11) is 0. The number of hydrogen-bond acceptors (Lipinski definition) is 1. The number of rotatable bonds is 2. The summed E-state index contributed by atoms with van der Waals surface area (Å²) in [6, 6.07) is 4.38. The summed E-state index contributed by atoms with van der Waals surface area (Å²) >= 11 is 0. The van der Waals surface area contributed by atoms with Crippen molar-refractivity contribution >= 4 is 5.69 Å². The Morgan fingerprint density at radius 1 is 1.20 bits per heavy atom. The van der Waals surface area contributed by atoms with Crippen molar-refractivity contribution in [3.63, 3.8) is 0 Å².